The van der Waals surface area contributed by atoms with E-state index in [1.165, 1.54) is 18.2 Å². The molecule has 0 unspecified atom stereocenters. The third kappa shape index (κ3) is 7.49. The number of halogens is 4. The molecule has 0 saturated heterocycles. The van der Waals surface area contributed by atoms with Gasteiger partial charge in [-0.2, -0.15) is 17.9 Å². The fraction of sp³-hybridized carbons (Fsp3) is 0.318. The lowest BCUT2D eigenvalue weighted by molar-refractivity contribution is -0.137. The fourth-order valence-electron chi connectivity index (χ4n) is 2.79. The van der Waals surface area contributed by atoms with Gasteiger partial charge in [-0.05, 0) is 56.6 Å². The van der Waals surface area contributed by atoms with Crippen molar-refractivity contribution in [1.82, 2.24) is 14.7 Å². The van der Waals surface area contributed by atoms with Gasteiger partial charge in [-0.1, -0.05) is 11.6 Å². The standard InChI is InChI=1S/C22H21ClF3N3O6/c1-28(2)9-10-32-21(31)34-13-33-18-8-7-17(23)11-15(18)12-29-20(30)35-19(27-29)14-3-5-16(6-4-14)22(24,25)26/h3-8,11H,9-10,12-13H2,1-2H3. The number of carbonyl (C=O) groups excluding carboxylic acids is 1. The van der Waals surface area contributed by atoms with Crippen LogP contribution in [0.25, 0.3) is 11.5 Å². The molecule has 0 aliphatic rings. The predicted octanol–water partition coefficient (Wildman–Crippen LogP) is 4.27. The Hall–Kier alpha value is -3.51. The average molecular weight is 516 g/mol. The first-order valence-corrected chi connectivity index (χ1v) is 10.5. The minimum Gasteiger partial charge on any atom is -0.457 e. The van der Waals surface area contributed by atoms with Gasteiger partial charge >= 0.3 is 18.1 Å². The van der Waals surface area contributed by atoms with Gasteiger partial charge in [0.2, 0.25) is 12.7 Å². The highest BCUT2D eigenvalue weighted by Crippen LogP contribution is 2.30. The lowest BCUT2D eigenvalue weighted by Crippen LogP contribution is -2.21. The van der Waals surface area contributed by atoms with Crippen LogP contribution >= 0.6 is 11.6 Å². The number of rotatable bonds is 9. The summed E-state index contributed by atoms with van der Waals surface area (Å²) >= 11 is 6.05. The van der Waals surface area contributed by atoms with Gasteiger partial charge in [0.1, 0.15) is 12.4 Å². The molecule has 0 bridgehead atoms. The molecule has 3 aromatic rings. The van der Waals surface area contributed by atoms with Gasteiger partial charge in [0.25, 0.3) is 0 Å². The molecule has 2 aromatic carbocycles. The van der Waals surface area contributed by atoms with E-state index in [1.807, 2.05) is 19.0 Å². The molecule has 1 heterocycles. The van der Waals surface area contributed by atoms with Crippen molar-refractivity contribution in [2.45, 2.75) is 12.7 Å². The zero-order valence-corrected chi connectivity index (χ0v) is 19.4. The summed E-state index contributed by atoms with van der Waals surface area (Å²) in [5, 5.41) is 4.39. The first-order chi connectivity index (χ1) is 16.5. The van der Waals surface area contributed by atoms with Crippen LogP contribution in [-0.4, -0.2) is 54.9 Å². The van der Waals surface area contributed by atoms with Gasteiger partial charge in [-0.3, -0.25) is 0 Å². The summed E-state index contributed by atoms with van der Waals surface area (Å²) in [6.45, 7) is 0.0820. The highest BCUT2D eigenvalue weighted by Gasteiger charge is 2.30. The summed E-state index contributed by atoms with van der Waals surface area (Å²) in [5.41, 5.74) is -0.235. The molecule has 0 saturated carbocycles. The fourth-order valence-corrected chi connectivity index (χ4v) is 2.99. The van der Waals surface area contributed by atoms with Crippen LogP contribution in [0.1, 0.15) is 11.1 Å². The maximum Gasteiger partial charge on any atom is 0.511 e. The van der Waals surface area contributed by atoms with Crippen molar-refractivity contribution in [2.75, 3.05) is 34.0 Å². The Kier molecular flexibility index (Phi) is 8.41. The number of ether oxygens (including phenoxy) is 3. The van der Waals surface area contributed by atoms with Crippen LogP contribution in [0.15, 0.2) is 51.7 Å². The van der Waals surface area contributed by atoms with Crippen LogP contribution in [0.2, 0.25) is 5.02 Å². The molecule has 0 amide bonds. The van der Waals surface area contributed by atoms with Gasteiger partial charge in [-0.15, -0.1) is 5.10 Å². The Morgan fingerprint density at radius 2 is 1.86 bits per heavy atom. The number of aromatic nitrogens is 2. The molecule has 0 aliphatic heterocycles. The molecule has 0 N–H and O–H groups in total. The Labute approximate surface area is 202 Å². The SMILES string of the molecule is CN(C)CCOC(=O)OCOc1ccc(Cl)cc1Cn1nc(-c2ccc(C(F)(F)F)cc2)oc1=O. The summed E-state index contributed by atoms with van der Waals surface area (Å²) in [4.78, 5) is 25.7. The molecule has 188 valence electrons. The van der Waals surface area contributed by atoms with Crippen LogP contribution in [-0.2, 0) is 22.2 Å². The second-order valence-corrected chi connectivity index (χ2v) is 7.90. The van der Waals surface area contributed by atoms with Crippen LogP contribution in [0.5, 0.6) is 5.75 Å². The number of nitrogens with zero attached hydrogens (tertiary/aromatic N) is 3. The Morgan fingerprint density at radius 3 is 2.51 bits per heavy atom. The zero-order valence-electron chi connectivity index (χ0n) is 18.7. The van der Waals surface area contributed by atoms with E-state index in [0.717, 1.165) is 28.9 Å². The van der Waals surface area contributed by atoms with E-state index in [1.54, 1.807) is 0 Å². The van der Waals surface area contributed by atoms with Crippen LogP contribution in [0.3, 0.4) is 0 Å². The van der Waals surface area contributed by atoms with E-state index in [4.69, 9.17) is 30.2 Å². The number of hydrogen-bond donors (Lipinski definition) is 0. The largest absolute Gasteiger partial charge is 0.511 e. The number of benzene rings is 2. The predicted molar refractivity (Wildman–Crippen MR) is 118 cm³/mol. The van der Waals surface area contributed by atoms with E-state index >= 15 is 0 Å². The third-order valence-electron chi connectivity index (χ3n) is 4.56. The first-order valence-electron chi connectivity index (χ1n) is 10.1. The quantitative estimate of drug-likeness (QED) is 0.308. The van der Waals surface area contributed by atoms with Crippen LogP contribution < -0.4 is 10.5 Å². The molecule has 0 atom stereocenters. The van der Waals surface area contributed by atoms with Crippen molar-refractivity contribution in [3.05, 3.63) is 69.2 Å². The molecule has 9 nitrogen and oxygen atoms in total. The van der Waals surface area contributed by atoms with Gasteiger partial charge in [0.15, 0.2) is 0 Å². The maximum absolute atomic E-state index is 12.8. The van der Waals surface area contributed by atoms with E-state index in [2.05, 4.69) is 5.10 Å². The van der Waals surface area contributed by atoms with Crippen molar-refractivity contribution in [3.63, 3.8) is 0 Å². The van der Waals surface area contributed by atoms with E-state index in [0.29, 0.717) is 17.1 Å². The molecule has 35 heavy (non-hydrogen) atoms. The highest BCUT2D eigenvalue weighted by atomic mass is 35.5. The minimum absolute atomic E-state index is 0.133. The molecule has 3 rings (SSSR count). The maximum atomic E-state index is 12.8. The zero-order chi connectivity index (χ0) is 25.6. The summed E-state index contributed by atoms with van der Waals surface area (Å²) in [5.74, 6) is -0.745. The molecule has 13 heteroatoms. The molecule has 0 radical (unpaired) electrons. The Balaban J connectivity index is 1.68. The lowest BCUT2D eigenvalue weighted by Gasteiger charge is -2.13. The van der Waals surface area contributed by atoms with Crippen LogP contribution in [0.4, 0.5) is 18.0 Å². The summed E-state index contributed by atoms with van der Waals surface area (Å²) in [6, 6.07) is 8.61. The normalized spacial score (nSPS) is 11.5. The number of alkyl halides is 3. The van der Waals surface area contributed by atoms with Crippen molar-refractivity contribution in [3.8, 4) is 17.2 Å². The molecular formula is C22H21ClF3N3O6. The van der Waals surface area contributed by atoms with Gasteiger partial charge < -0.3 is 23.5 Å². The Bertz CT molecular complexity index is 1210. The van der Waals surface area contributed by atoms with Crippen molar-refractivity contribution in [1.29, 1.82) is 0 Å². The topological polar surface area (TPSA) is 96.0 Å². The summed E-state index contributed by atoms with van der Waals surface area (Å²) in [7, 11) is 3.65. The average Bonchev–Trinajstić information content (AvgIpc) is 3.14. The second-order valence-electron chi connectivity index (χ2n) is 7.47. The summed E-state index contributed by atoms with van der Waals surface area (Å²) in [6.07, 6.45) is -5.40. The number of hydrogen-bond acceptors (Lipinski definition) is 8. The smallest absolute Gasteiger partial charge is 0.457 e. The van der Waals surface area contributed by atoms with Crippen molar-refractivity contribution < 1.29 is 36.6 Å². The van der Waals surface area contributed by atoms with E-state index in [-0.39, 0.29) is 30.4 Å². The molecule has 1 aromatic heterocycles. The monoisotopic (exact) mass is 515 g/mol. The second kappa shape index (κ2) is 11.3. The van der Waals surface area contributed by atoms with Crippen molar-refractivity contribution >= 4 is 17.8 Å². The van der Waals surface area contributed by atoms with E-state index < -0.39 is 30.4 Å². The molecule has 0 spiro atoms. The molecular weight excluding hydrogens is 495 g/mol. The lowest BCUT2D eigenvalue weighted by atomic mass is 10.1. The Morgan fingerprint density at radius 1 is 1.14 bits per heavy atom. The van der Waals surface area contributed by atoms with Gasteiger partial charge in [0, 0.05) is 22.7 Å². The number of likely N-dealkylation sites (N-methyl/N-ethyl adjacent to an activating group) is 1. The molecule has 0 aliphatic carbocycles. The minimum atomic E-state index is -4.49. The summed E-state index contributed by atoms with van der Waals surface area (Å²) < 4.78 is 59.6. The third-order valence-corrected chi connectivity index (χ3v) is 4.79. The van der Waals surface area contributed by atoms with Gasteiger partial charge in [-0.25, -0.2) is 9.59 Å². The van der Waals surface area contributed by atoms with Crippen LogP contribution in [0, 0.1) is 0 Å². The van der Waals surface area contributed by atoms with Crippen molar-refractivity contribution in [2.24, 2.45) is 0 Å². The highest BCUT2D eigenvalue weighted by molar-refractivity contribution is 6.30. The van der Waals surface area contributed by atoms with Gasteiger partial charge in [0.05, 0.1) is 12.1 Å². The first kappa shape index (κ1) is 26.1. The molecule has 0 fully saturated rings. The number of carbonyl (C=O) groups is 1. The van der Waals surface area contributed by atoms with E-state index in [9.17, 15) is 22.8 Å².